The fourth-order valence-corrected chi connectivity index (χ4v) is 3.97. The van der Waals surface area contributed by atoms with Crippen LogP contribution in [0, 0.1) is 10.1 Å². The molecule has 142 valence electrons. The van der Waals surface area contributed by atoms with Crippen LogP contribution in [0.3, 0.4) is 0 Å². The number of non-ortho nitro benzene ring substituents is 1. The number of hydrogen-bond acceptors (Lipinski definition) is 5. The molecule has 7 nitrogen and oxygen atoms in total. The number of rotatable bonds is 6. The van der Waals surface area contributed by atoms with Crippen molar-refractivity contribution in [2.45, 2.75) is 44.1 Å². The number of carbonyl (C=O) groups is 1. The highest BCUT2D eigenvalue weighted by Gasteiger charge is 2.39. The van der Waals surface area contributed by atoms with E-state index in [1.165, 1.54) is 31.4 Å². The maximum absolute atomic E-state index is 12.4. The summed E-state index contributed by atoms with van der Waals surface area (Å²) in [4.78, 5) is 25.2. The van der Waals surface area contributed by atoms with Gasteiger partial charge in [-0.2, -0.15) is 0 Å². The number of piperidine rings is 1. The van der Waals surface area contributed by atoms with Gasteiger partial charge in [0, 0.05) is 37.4 Å². The molecule has 2 aliphatic rings. The lowest BCUT2D eigenvalue weighted by atomic mass is 9.86. The third-order valence-corrected chi connectivity index (χ3v) is 5.58. The van der Waals surface area contributed by atoms with Crippen molar-refractivity contribution in [2.75, 3.05) is 32.8 Å². The Balaban J connectivity index is 1.57. The minimum absolute atomic E-state index is 0.00377. The van der Waals surface area contributed by atoms with Crippen molar-refractivity contribution < 1.29 is 14.5 Å². The highest BCUT2D eigenvalue weighted by Crippen LogP contribution is 2.30. The molecule has 2 aliphatic heterocycles. The van der Waals surface area contributed by atoms with E-state index in [1.807, 2.05) is 0 Å². The van der Waals surface area contributed by atoms with Gasteiger partial charge in [-0.15, -0.1) is 0 Å². The molecule has 26 heavy (non-hydrogen) atoms. The monoisotopic (exact) mass is 361 g/mol. The Bertz CT molecular complexity index is 620. The van der Waals surface area contributed by atoms with Crippen LogP contribution in [0.4, 0.5) is 5.69 Å². The van der Waals surface area contributed by atoms with Crippen LogP contribution < -0.4 is 5.32 Å². The summed E-state index contributed by atoms with van der Waals surface area (Å²) in [5.41, 5.74) is 0.830. The van der Waals surface area contributed by atoms with Crippen molar-refractivity contribution >= 4 is 11.6 Å². The van der Waals surface area contributed by atoms with Gasteiger partial charge in [0.05, 0.1) is 11.3 Å². The van der Waals surface area contributed by atoms with Crippen LogP contribution in [-0.4, -0.2) is 54.1 Å². The van der Waals surface area contributed by atoms with Gasteiger partial charge in [-0.3, -0.25) is 19.8 Å². The number of nitrogens with one attached hydrogen (secondary N) is 1. The van der Waals surface area contributed by atoms with Gasteiger partial charge in [-0.05, 0) is 44.3 Å². The van der Waals surface area contributed by atoms with Crippen LogP contribution in [0.25, 0.3) is 0 Å². The first kappa shape index (κ1) is 18.8. The van der Waals surface area contributed by atoms with E-state index < -0.39 is 4.92 Å². The van der Waals surface area contributed by atoms with E-state index >= 15 is 0 Å². The Morgan fingerprint density at radius 3 is 2.42 bits per heavy atom. The number of amides is 1. The van der Waals surface area contributed by atoms with E-state index in [4.69, 9.17) is 4.74 Å². The molecule has 0 atom stereocenters. The maximum atomic E-state index is 12.4. The van der Waals surface area contributed by atoms with Crippen LogP contribution in [-0.2, 0) is 16.0 Å². The molecule has 1 aromatic carbocycles. The Kier molecular flexibility index (Phi) is 6.21. The van der Waals surface area contributed by atoms with Crippen molar-refractivity contribution in [3.63, 3.8) is 0 Å². The Hall–Kier alpha value is -1.99. The van der Waals surface area contributed by atoms with E-state index in [0.29, 0.717) is 6.54 Å². The number of hydrogen-bond donors (Lipinski definition) is 1. The number of benzene rings is 1. The summed E-state index contributed by atoms with van der Waals surface area (Å²) in [5.74, 6) is -0.0401. The molecule has 3 rings (SSSR count). The summed E-state index contributed by atoms with van der Waals surface area (Å²) < 4.78 is 5.55. The first-order chi connectivity index (χ1) is 12.6. The molecule has 1 N–H and O–H groups in total. The number of nitrogens with zero attached hydrogens (tertiary/aromatic N) is 2. The van der Waals surface area contributed by atoms with Gasteiger partial charge in [0.25, 0.3) is 5.69 Å². The molecule has 0 saturated carbocycles. The number of ether oxygens (including phenoxy) is 1. The summed E-state index contributed by atoms with van der Waals surface area (Å²) in [6, 6.07) is 6.17. The zero-order valence-corrected chi connectivity index (χ0v) is 15.1. The zero-order chi connectivity index (χ0) is 18.4. The summed E-state index contributed by atoms with van der Waals surface area (Å²) >= 11 is 0. The normalized spacial score (nSPS) is 20.5. The summed E-state index contributed by atoms with van der Waals surface area (Å²) in [6.07, 6.45) is 5.87. The summed E-state index contributed by atoms with van der Waals surface area (Å²) in [7, 11) is 0. The third kappa shape index (κ3) is 4.59. The van der Waals surface area contributed by atoms with Crippen molar-refractivity contribution in [1.82, 2.24) is 10.2 Å². The molecule has 7 heteroatoms. The minimum atomic E-state index is -0.433. The zero-order valence-electron chi connectivity index (χ0n) is 15.1. The van der Waals surface area contributed by atoms with Gasteiger partial charge < -0.3 is 10.1 Å². The largest absolute Gasteiger partial charge is 0.381 e. The van der Waals surface area contributed by atoms with E-state index in [0.717, 1.165) is 44.7 Å². The molecule has 0 aliphatic carbocycles. The average molecular weight is 361 g/mol. The van der Waals surface area contributed by atoms with E-state index in [2.05, 4.69) is 10.2 Å². The molecule has 0 bridgehead atoms. The molecule has 1 amide bonds. The topological polar surface area (TPSA) is 84.7 Å². The summed E-state index contributed by atoms with van der Waals surface area (Å²) in [6.45, 7) is 4.32. The van der Waals surface area contributed by atoms with Gasteiger partial charge >= 0.3 is 0 Å². The fraction of sp³-hybridized carbons (Fsp3) is 0.632. The Labute approximate surface area is 153 Å². The van der Waals surface area contributed by atoms with Crippen molar-refractivity contribution in [1.29, 1.82) is 0 Å². The molecule has 2 fully saturated rings. The average Bonchev–Trinajstić information content (AvgIpc) is 2.68. The molecule has 0 aromatic heterocycles. The number of carbonyl (C=O) groups excluding carboxylic acids is 1. The van der Waals surface area contributed by atoms with Gasteiger partial charge in [-0.1, -0.05) is 18.6 Å². The lowest BCUT2D eigenvalue weighted by molar-refractivity contribution is -0.384. The predicted molar refractivity (Wildman–Crippen MR) is 98.0 cm³/mol. The Morgan fingerprint density at radius 2 is 1.81 bits per heavy atom. The van der Waals surface area contributed by atoms with Crippen molar-refractivity contribution in [3.8, 4) is 0 Å². The minimum Gasteiger partial charge on any atom is -0.381 e. The molecular formula is C19H27N3O4. The number of likely N-dealkylation sites (tertiary alicyclic amines) is 1. The number of nitro groups is 1. The SMILES string of the molecule is O=C(Cc1ccc([N+](=O)[O-])cc1)NCC1(N2CCCCC2)CCOCC1. The van der Waals surface area contributed by atoms with Crippen molar-refractivity contribution in [3.05, 3.63) is 39.9 Å². The van der Waals surface area contributed by atoms with E-state index in [-0.39, 0.29) is 23.6 Å². The van der Waals surface area contributed by atoms with Crippen LogP contribution in [0.2, 0.25) is 0 Å². The van der Waals surface area contributed by atoms with Gasteiger partial charge in [-0.25, -0.2) is 0 Å². The predicted octanol–water partition coefficient (Wildman–Crippen LogP) is 2.29. The third-order valence-electron chi connectivity index (χ3n) is 5.58. The van der Waals surface area contributed by atoms with Crippen LogP contribution in [0.15, 0.2) is 24.3 Å². The molecular weight excluding hydrogens is 334 g/mol. The second-order valence-electron chi connectivity index (χ2n) is 7.26. The van der Waals surface area contributed by atoms with Gasteiger partial charge in [0.2, 0.25) is 5.91 Å². The molecule has 0 spiro atoms. The molecule has 0 radical (unpaired) electrons. The van der Waals surface area contributed by atoms with Gasteiger partial charge in [0.1, 0.15) is 0 Å². The standard InChI is InChI=1S/C19H27N3O4/c23-18(14-16-4-6-17(7-5-16)22(24)25)20-15-19(8-12-26-13-9-19)21-10-2-1-3-11-21/h4-7H,1-3,8-15H2,(H,20,23). The Morgan fingerprint density at radius 1 is 1.15 bits per heavy atom. The smallest absolute Gasteiger partial charge is 0.269 e. The van der Waals surface area contributed by atoms with Crippen molar-refractivity contribution in [2.24, 2.45) is 0 Å². The van der Waals surface area contributed by atoms with Crippen LogP contribution >= 0.6 is 0 Å². The second-order valence-corrected chi connectivity index (χ2v) is 7.26. The fourth-order valence-electron chi connectivity index (χ4n) is 3.97. The highest BCUT2D eigenvalue weighted by atomic mass is 16.6. The van der Waals surface area contributed by atoms with Gasteiger partial charge in [0.15, 0.2) is 0 Å². The maximum Gasteiger partial charge on any atom is 0.269 e. The first-order valence-electron chi connectivity index (χ1n) is 9.42. The molecule has 1 aromatic rings. The van der Waals surface area contributed by atoms with Crippen LogP contribution in [0.5, 0.6) is 0 Å². The van der Waals surface area contributed by atoms with E-state index in [9.17, 15) is 14.9 Å². The molecule has 0 unspecified atom stereocenters. The van der Waals surface area contributed by atoms with Crippen LogP contribution in [0.1, 0.15) is 37.7 Å². The summed E-state index contributed by atoms with van der Waals surface area (Å²) in [5, 5.41) is 13.8. The lowest BCUT2D eigenvalue weighted by Crippen LogP contribution is -2.59. The lowest BCUT2D eigenvalue weighted by Gasteiger charge is -2.48. The highest BCUT2D eigenvalue weighted by molar-refractivity contribution is 5.78. The second kappa shape index (κ2) is 8.60. The first-order valence-corrected chi connectivity index (χ1v) is 9.42. The number of nitro benzene ring substituents is 1. The quantitative estimate of drug-likeness (QED) is 0.621. The van der Waals surface area contributed by atoms with E-state index in [1.54, 1.807) is 12.1 Å². The molecule has 2 saturated heterocycles. The molecule has 2 heterocycles.